The molecule has 1 aliphatic carbocycles. The predicted octanol–water partition coefficient (Wildman–Crippen LogP) is 5.25. The van der Waals surface area contributed by atoms with E-state index >= 15 is 0 Å². The highest BCUT2D eigenvalue weighted by Gasteiger charge is 2.22. The Labute approximate surface area is 119 Å². The van der Waals surface area contributed by atoms with E-state index in [4.69, 9.17) is 4.74 Å². The number of rotatable bonds is 10. The second-order valence-corrected chi connectivity index (χ2v) is 6.15. The summed E-state index contributed by atoms with van der Waals surface area (Å²) in [7, 11) is 0. The summed E-state index contributed by atoms with van der Waals surface area (Å²) in [6.07, 6.45) is 15.0. The zero-order chi connectivity index (χ0) is 13.9. The average molecular weight is 268 g/mol. The van der Waals surface area contributed by atoms with Crippen molar-refractivity contribution in [1.82, 2.24) is 0 Å². The Bertz CT molecular complexity index is 231. The zero-order valence-electron chi connectivity index (χ0n) is 13.0. The van der Waals surface area contributed by atoms with Crippen LogP contribution in [0.1, 0.15) is 90.9 Å². The van der Waals surface area contributed by atoms with Crippen molar-refractivity contribution < 1.29 is 9.53 Å². The van der Waals surface area contributed by atoms with E-state index in [9.17, 15) is 4.79 Å². The minimum absolute atomic E-state index is 0.0397. The van der Waals surface area contributed by atoms with Gasteiger partial charge in [-0.2, -0.15) is 0 Å². The van der Waals surface area contributed by atoms with Gasteiger partial charge < -0.3 is 4.74 Å². The van der Waals surface area contributed by atoms with Gasteiger partial charge in [-0.1, -0.05) is 58.8 Å². The van der Waals surface area contributed by atoms with E-state index in [2.05, 4.69) is 6.92 Å². The highest BCUT2D eigenvalue weighted by molar-refractivity contribution is 5.72. The Morgan fingerprint density at radius 3 is 2.26 bits per heavy atom. The summed E-state index contributed by atoms with van der Waals surface area (Å²) in [4.78, 5) is 11.9. The fourth-order valence-corrected chi connectivity index (χ4v) is 2.81. The van der Waals surface area contributed by atoms with Crippen LogP contribution in [0.25, 0.3) is 0 Å². The molecule has 0 radical (unpaired) electrons. The molecule has 0 spiro atoms. The molecular weight excluding hydrogens is 236 g/mol. The van der Waals surface area contributed by atoms with Crippen molar-refractivity contribution in [3.8, 4) is 0 Å². The number of esters is 1. The topological polar surface area (TPSA) is 26.3 Å². The van der Waals surface area contributed by atoms with Crippen LogP contribution in [0.15, 0.2) is 0 Å². The molecule has 1 aliphatic rings. The maximum absolute atomic E-state index is 11.9. The van der Waals surface area contributed by atoms with Crippen LogP contribution in [0.5, 0.6) is 0 Å². The third kappa shape index (κ3) is 7.59. The molecule has 0 saturated heterocycles. The number of ether oxygens (including phenoxy) is 1. The van der Waals surface area contributed by atoms with Crippen molar-refractivity contribution in [2.24, 2.45) is 5.92 Å². The molecule has 0 heterocycles. The van der Waals surface area contributed by atoms with Gasteiger partial charge in [0.2, 0.25) is 0 Å². The highest BCUT2D eigenvalue weighted by atomic mass is 16.5. The molecule has 0 aliphatic heterocycles. The van der Waals surface area contributed by atoms with E-state index in [1.807, 2.05) is 6.92 Å². The van der Waals surface area contributed by atoms with E-state index in [0.29, 0.717) is 0 Å². The molecule has 0 N–H and O–H groups in total. The van der Waals surface area contributed by atoms with Gasteiger partial charge in [-0.3, -0.25) is 4.79 Å². The summed E-state index contributed by atoms with van der Waals surface area (Å²) < 4.78 is 5.54. The van der Waals surface area contributed by atoms with Crippen LogP contribution in [0, 0.1) is 5.92 Å². The van der Waals surface area contributed by atoms with Gasteiger partial charge >= 0.3 is 5.97 Å². The number of unbranched alkanes of at least 4 members (excludes halogenated alkanes) is 6. The maximum atomic E-state index is 11.9. The third-order valence-electron chi connectivity index (χ3n) is 4.23. The van der Waals surface area contributed by atoms with Crippen LogP contribution >= 0.6 is 0 Å². The van der Waals surface area contributed by atoms with Crippen LogP contribution in [-0.2, 0) is 9.53 Å². The molecule has 0 aromatic heterocycles. The standard InChI is InChI=1S/C17H32O2/c1-3-4-5-6-7-8-9-12-15(2)17(18)19-16-13-10-11-14-16/h15-16H,3-14H2,1-2H3. The summed E-state index contributed by atoms with van der Waals surface area (Å²) in [6, 6.07) is 0. The summed E-state index contributed by atoms with van der Waals surface area (Å²) in [5, 5.41) is 0. The molecule has 2 nitrogen and oxygen atoms in total. The second-order valence-electron chi connectivity index (χ2n) is 6.15. The first-order valence-electron chi connectivity index (χ1n) is 8.44. The van der Waals surface area contributed by atoms with E-state index in [1.54, 1.807) is 0 Å². The van der Waals surface area contributed by atoms with Gasteiger partial charge in [-0.25, -0.2) is 0 Å². The molecule has 1 saturated carbocycles. The maximum Gasteiger partial charge on any atom is 0.308 e. The molecule has 1 atom stereocenters. The summed E-state index contributed by atoms with van der Waals surface area (Å²) in [5.41, 5.74) is 0. The fourth-order valence-electron chi connectivity index (χ4n) is 2.81. The molecule has 0 bridgehead atoms. The lowest BCUT2D eigenvalue weighted by Gasteiger charge is -2.15. The third-order valence-corrected chi connectivity index (χ3v) is 4.23. The number of hydrogen-bond acceptors (Lipinski definition) is 2. The summed E-state index contributed by atoms with van der Waals surface area (Å²) >= 11 is 0. The molecule has 0 aromatic rings. The van der Waals surface area contributed by atoms with E-state index in [0.717, 1.165) is 19.3 Å². The molecule has 1 rings (SSSR count). The molecule has 2 heteroatoms. The number of hydrogen-bond donors (Lipinski definition) is 0. The van der Waals surface area contributed by atoms with Crippen molar-refractivity contribution in [2.75, 3.05) is 0 Å². The molecule has 0 aromatic carbocycles. The Morgan fingerprint density at radius 2 is 1.63 bits per heavy atom. The average Bonchev–Trinajstić information content (AvgIpc) is 2.90. The van der Waals surface area contributed by atoms with Gasteiger partial charge in [-0.15, -0.1) is 0 Å². The number of carbonyl (C=O) groups excluding carboxylic acids is 1. The second kappa shape index (κ2) is 10.3. The molecule has 19 heavy (non-hydrogen) atoms. The quantitative estimate of drug-likeness (QED) is 0.399. The Kier molecular flexibility index (Phi) is 8.94. The molecular formula is C17H32O2. The number of carbonyl (C=O) groups is 1. The molecule has 1 fully saturated rings. The highest BCUT2D eigenvalue weighted by Crippen LogP contribution is 2.23. The fraction of sp³-hybridized carbons (Fsp3) is 0.941. The van der Waals surface area contributed by atoms with E-state index in [-0.39, 0.29) is 18.0 Å². The van der Waals surface area contributed by atoms with Crippen LogP contribution < -0.4 is 0 Å². The van der Waals surface area contributed by atoms with Crippen molar-refractivity contribution in [1.29, 1.82) is 0 Å². The molecule has 112 valence electrons. The van der Waals surface area contributed by atoms with Gasteiger partial charge in [0.05, 0.1) is 5.92 Å². The van der Waals surface area contributed by atoms with Gasteiger partial charge in [-0.05, 0) is 32.1 Å². The lowest BCUT2D eigenvalue weighted by atomic mass is 10.0. The monoisotopic (exact) mass is 268 g/mol. The molecule has 1 unspecified atom stereocenters. The smallest absolute Gasteiger partial charge is 0.308 e. The molecule has 0 amide bonds. The Hall–Kier alpha value is -0.530. The van der Waals surface area contributed by atoms with Gasteiger partial charge in [0.15, 0.2) is 0 Å². The van der Waals surface area contributed by atoms with Crippen LogP contribution in [-0.4, -0.2) is 12.1 Å². The zero-order valence-corrected chi connectivity index (χ0v) is 13.0. The summed E-state index contributed by atoms with van der Waals surface area (Å²) in [5.74, 6) is 0.133. The SMILES string of the molecule is CCCCCCCCCC(C)C(=O)OC1CCCC1. The van der Waals surface area contributed by atoms with Gasteiger partial charge in [0.1, 0.15) is 6.10 Å². The van der Waals surface area contributed by atoms with E-state index < -0.39 is 0 Å². The first-order valence-corrected chi connectivity index (χ1v) is 8.44. The van der Waals surface area contributed by atoms with Crippen LogP contribution in [0.2, 0.25) is 0 Å². The normalized spacial score (nSPS) is 17.6. The minimum Gasteiger partial charge on any atom is -0.462 e. The van der Waals surface area contributed by atoms with Crippen molar-refractivity contribution in [3.63, 3.8) is 0 Å². The Morgan fingerprint density at radius 1 is 1.05 bits per heavy atom. The van der Waals surface area contributed by atoms with E-state index in [1.165, 1.54) is 57.8 Å². The van der Waals surface area contributed by atoms with Crippen LogP contribution in [0.3, 0.4) is 0 Å². The largest absolute Gasteiger partial charge is 0.462 e. The predicted molar refractivity (Wildman–Crippen MR) is 80.1 cm³/mol. The van der Waals surface area contributed by atoms with Crippen molar-refractivity contribution in [3.05, 3.63) is 0 Å². The summed E-state index contributed by atoms with van der Waals surface area (Å²) in [6.45, 7) is 4.27. The van der Waals surface area contributed by atoms with Gasteiger partial charge in [0, 0.05) is 0 Å². The lowest BCUT2D eigenvalue weighted by Crippen LogP contribution is -2.20. The first-order chi connectivity index (χ1) is 9.24. The first kappa shape index (κ1) is 16.5. The van der Waals surface area contributed by atoms with Gasteiger partial charge in [0.25, 0.3) is 0 Å². The van der Waals surface area contributed by atoms with Crippen molar-refractivity contribution >= 4 is 5.97 Å². The Balaban J connectivity index is 1.97. The lowest BCUT2D eigenvalue weighted by molar-refractivity contribution is -0.153. The van der Waals surface area contributed by atoms with Crippen LogP contribution in [0.4, 0.5) is 0 Å². The van der Waals surface area contributed by atoms with Crippen molar-refractivity contribution in [2.45, 2.75) is 97.0 Å². The minimum atomic E-state index is 0.0397.